The van der Waals surface area contributed by atoms with Gasteiger partial charge in [0.15, 0.2) is 0 Å². The van der Waals surface area contributed by atoms with Gasteiger partial charge in [-0.1, -0.05) is 31.0 Å². The number of benzene rings is 1. The van der Waals surface area contributed by atoms with Crippen molar-refractivity contribution in [2.24, 2.45) is 5.92 Å². The second kappa shape index (κ2) is 4.74. The molecule has 1 aromatic carbocycles. The Bertz CT molecular complexity index is 380. The van der Waals surface area contributed by atoms with Crippen molar-refractivity contribution in [3.05, 3.63) is 29.8 Å². The maximum atomic E-state index is 5.29. The molecule has 1 nitrogen and oxygen atoms in total. The molecule has 0 fully saturated rings. The number of thioether (sulfide) groups is 1. The van der Waals surface area contributed by atoms with Gasteiger partial charge >= 0.3 is 0 Å². The number of hydrogen-bond acceptors (Lipinski definition) is 2. The Hall–Kier alpha value is -0.910. The summed E-state index contributed by atoms with van der Waals surface area (Å²) >= 11 is 1.94. The van der Waals surface area contributed by atoms with Crippen LogP contribution in [0.5, 0.6) is 0 Å². The SMILES string of the molecule is C#CCNC1c2ccccc2SCC1C. The van der Waals surface area contributed by atoms with Crippen LogP contribution in [0.4, 0.5) is 0 Å². The molecular formula is C13H15NS. The molecule has 0 saturated heterocycles. The predicted octanol–water partition coefficient (Wildman–Crippen LogP) is 2.69. The van der Waals surface area contributed by atoms with Gasteiger partial charge < -0.3 is 0 Å². The first-order valence-corrected chi connectivity index (χ1v) is 6.20. The normalized spacial score (nSPS) is 24.3. The predicted molar refractivity (Wildman–Crippen MR) is 65.9 cm³/mol. The summed E-state index contributed by atoms with van der Waals surface area (Å²) in [4.78, 5) is 1.39. The molecule has 2 rings (SSSR count). The number of hydrogen-bond donors (Lipinski definition) is 1. The summed E-state index contributed by atoms with van der Waals surface area (Å²) in [7, 11) is 0. The Kier molecular flexibility index (Phi) is 3.35. The van der Waals surface area contributed by atoms with Crippen molar-refractivity contribution in [1.82, 2.24) is 5.32 Å². The van der Waals surface area contributed by atoms with Gasteiger partial charge in [0.1, 0.15) is 0 Å². The van der Waals surface area contributed by atoms with E-state index in [0.717, 1.165) is 0 Å². The molecule has 0 amide bonds. The van der Waals surface area contributed by atoms with Gasteiger partial charge in [-0.15, -0.1) is 18.2 Å². The van der Waals surface area contributed by atoms with Gasteiger partial charge in [0.2, 0.25) is 0 Å². The Morgan fingerprint density at radius 1 is 1.53 bits per heavy atom. The molecule has 1 aromatic rings. The second-order valence-electron chi connectivity index (χ2n) is 3.89. The molecular weight excluding hydrogens is 202 g/mol. The molecule has 0 aromatic heterocycles. The first kappa shape index (κ1) is 10.6. The smallest absolute Gasteiger partial charge is 0.0578 e. The quantitative estimate of drug-likeness (QED) is 0.764. The highest BCUT2D eigenvalue weighted by Crippen LogP contribution is 2.38. The highest BCUT2D eigenvalue weighted by atomic mass is 32.2. The van der Waals surface area contributed by atoms with Crippen LogP contribution in [-0.2, 0) is 0 Å². The van der Waals surface area contributed by atoms with Crippen molar-refractivity contribution < 1.29 is 0 Å². The first-order chi connectivity index (χ1) is 7.33. The van der Waals surface area contributed by atoms with Crippen LogP contribution < -0.4 is 5.32 Å². The molecule has 1 N–H and O–H groups in total. The van der Waals surface area contributed by atoms with E-state index in [-0.39, 0.29) is 0 Å². The monoisotopic (exact) mass is 217 g/mol. The maximum absolute atomic E-state index is 5.29. The summed E-state index contributed by atoms with van der Waals surface area (Å²) in [5, 5.41) is 3.43. The zero-order valence-corrected chi connectivity index (χ0v) is 9.68. The van der Waals surface area contributed by atoms with E-state index in [9.17, 15) is 0 Å². The third-order valence-corrected chi connectivity index (χ3v) is 4.12. The van der Waals surface area contributed by atoms with Crippen molar-refractivity contribution in [2.45, 2.75) is 17.9 Å². The van der Waals surface area contributed by atoms with Crippen LogP contribution in [-0.4, -0.2) is 12.3 Å². The summed E-state index contributed by atoms with van der Waals surface area (Å²) in [6.45, 7) is 2.92. The highest BCUT2D eigenvalue weighted by molar-refractivity contribution is 7.99. The van der Waals surface area contributed by atoms with Gasteiger partial charge in [0, 0.05) is 16.7 Å². The van der Waals surface area contributed by atoms with E-state index >= 15 is 0 Å². The number of nitrogens with one attached hydrogen (secondary N) is 1. The molecule has 0 spiro atoms. The second-order valence-corrected chi connectivity index (χ2v) is 4.95. The molecule has 78 valence electrons. The van der Waals surface area contributed by atoms with Crippen molar-refractivity contribution in [2.75, 3.05) is 12.3 Å². The molecule has 0 radical (unpaired) electrons. The minimum Gasteiger partial charge on any atom is -0.299 e. The lowest BCUT2D eigenvalue weighted by Gasteiger charge is -2.31. The van der Waals surface area contributed by atoms with Gasteiger partial charge in [-0.2, -0.15) is 0 Å². The van der Waals surface area contributed by atoms with Gasteiger partial charge in [-0.25, -0.2) is 0 Å². The van der Waals surface area contributed by atoms with E-state index in [4.69, 9.17) is 6.42 Å². The fraction of sp³-hybridized carbons (Fsp3) is 0.385. The first-order valence-electron chi connectivity index (χ1n) is 5.21. The van der Waals surface area contributed by atoms with Crippen LogP contribution in [0, 0.1) is 18.3 Å². The summed E-state index contributed by atoms with van der Waals surface area (Å²) in [6.07, 6.45) is 5.29. The van der Waals surface area contributed by atoms with Gasteiger partial charge in [-0.3, -0.25) is 5.32 Å². The lowest BCUT2D eigenvalue weighted by Crippen LogP contribution is -2.31. The molecule has 1 aliphatic rings. The number of terminal acetylenes is 1. The van der Waals surface area contributed by atoms with Gasteiger partial charge in [-0.05, 0) is 17.5 Å². The Morgan fingerprint density at radius 2 is 2.33 bits per heavy atom. The minimum atomic E-state index is 0.415. The molecule has 1 aliphatic heterocycles. The average molecular weight is 217 g/mol. The third kappa shape index (κ3) is 2.19. The summed E-state index contributed by atoms with van der Waals surface area (Å²) in [6, 6.07) is 9.00. The van der Waals surface area contributed by atoms with Crippen LogP contribution in [0.15, 0.2) is 29.2 Å². The molecule has 2 heteroatoms. The summed E-state index contributed by atoms with van der Waals surface area (Å²) in [5.41, 5.74) is 1.40. The molecule has 0 bridgehead atoms. The van der Waals surface area contributed by atoms with Crippen LogP contribution in [0.1, 0.15) is 18.5 Å². The van der Waals surface area contributed by atoms with Gasteiger partial charge in [0.05, 0.1) is 6.54 Å². The molecule has 2 atom stereocenters. The number of fused-ring (bicyclic) bond motifs is 1. The van der Waals surface area contributed by atoms with Gasteiger partial charge in [0.25, 0.3) is 0 Å². The molecule has 2 unspecified atom stereocenters. The summed E-state index contributed by atoms with van der Waals surface area (Å²) < 4.78 is 0. The van der Waals surface area contributed by atoms with E-state index < -0.39 is 0 Å². The fourth-order valence-corrected chi connectivity index (χ4v) is 3.14. The van der Waals surface area contributed by atoms with E-state index in [2.05, 4.69) is 42.4 Å². The van der Waals surface area contributed by atoms with Crippen molar-refractivity contribution in [1.29, 1.82) is 0 Å². The molecule has 0 aliphatic carbocycles. The standard InChI is InChI=1S/C13H15NS/c1-3-8-14-13-10(2)9-15-12-7-5-4-6-11(12)13/h1,4-7,10,13-14H,8-9H2,2H3. The molecule has 1 heterocycles. The van der Waals surface area contributed by atoms with Crippen molar-refractivity contribution in [3.63, 3.8) is 0 Å². The Morgan fingerprint density at radius 3 is 3.13 bits per heavy atom. The van der Waals surface area contributed by atoms with Crippen LogP contribution in [0.3, 0.4) is 0 Å². The number of rotatable bonds is 2. The Labute approximate surface area is 95.7 Å². The Balaban J connectivity index is 2.25. The van der Waals surface area contributed by atoms with E-state index in [1.54, 1.807) is 0 Å². The zero-order chi connectivity index (χ0) is 10.7. The third-order valence-electron chi connectivity index (χ3n) is 2.75. The zero-order valence-electron chi connectivity index (χ0n) is 8.86. The minimum absolute atomic E-state index is 0.415. The van der Waals surface area contributed by atoms with Crippen molar-refractivity contribution >= 4 is 11.8 Å². The van der Waals surface area contributed by atoms with E-state index in [0.29, 0.717) is 18.5 Å². The molecule has 15 heavy (non-hydrogen) atoms. The van der Waals surface area contributed by atoms with E-state index in [1.807, 2.05) is 11.8 Å². The van der Waals surface area contributed by atoms with E-state index in [1.165, 1.54) is 16.2 Å². The lowest BCUT2D eigenvalue weighted by atomic mass is 9.95. The topological polar surface area (TPSA) is 12.0 Å². The van der Waals surface area contributed by atoms with Crippen LogP contribution in [0.25, 0.3) is 0 Å². The average Bonchev–Trinajstić information content (AvgIpc) is 2.28. The largest absolute Gasteiger partial charge is 0.299 e. The van der Waals surface area contributed by atoms with Crippen LogP contribution in [0.2, 0.25) is 0 Å². The highest BCUT2D eigenvalue weighted by Gasteiger charge is 2.25. The maximum Gasteiger partial charge on any atom is 0.0578 e. The van der Waals surface area contributed by atoms with Crippen molar-refractivity contribution in [3.8, 4) is 12.3 Å². The molecule has 0 saturated carbocycles. The van der Waals surface area contributed by atoms with Crippen LogP contribution >= 0.6 is 11.8 Å². The fourth-order valence-electron chi connectivity index (χ4n) is 1.97. The summed E-state index contributed by atoms with van der Waals surface area (Å²) in [5.74, 6) is 4.45. The lowest BCUT2D eigenvalue weighted by molar-refractivity contribution is 0.425.